The first kappa shape index (κ1) is 21.2. The van der Waals surface area contributed by atoms with E-state index >= 15 is 0 Å². The number of nitrogens with one attached hydrogen (secondary N) is 1. The summed E-state index contributed by atoms with van der Waals surface area (Å²) >= 11 is 0. The summed E-state index contributed by atoms with van der Waals surface area (Å²) < 4.78 is 9.53. The van der Waals surface area contributed by atoms with Gasteiger partial charge in [-0.05, 0) is 17.5 Å². The molecule has 6 nitrogen and oxygen atoms in total. The molecule has 0 aliphatic rings. The monoisotopic (exact) mass is 383 g/mol. The summed E-state index contributed by atoms with van der Waals surface area (Å²) in [7, 11) is 2.53. The van der Waals surface area contributed by atoms with Crippen LogP contribution in [0.1, 0.15) is 30.4 Å². The molecule has 28 heavy (non-hydrogen) atoms. The smallest absolute Gasteiger partial charge is 0.328 e. The number of benzene rings is 2. The Morgan fingerprint density at radius 1 is 0.821 bits per heavy atom. The third kappa shape index (κ3) is 5.42. The van der Waals surface area contributed by atoms with Crippen LogP contribution in [0, 0.1) is 5.92 Å². The van der Waals surface area contributed by atoms with E-state index in [-0.39, 0.29) is 12.3 Å². The normalized spacial score (nSPS) is 12.7. The van der Waals surface area contributed by atoms with Crippen molar-refractivity contribution in [2.24, 2.45) is 5.92 Å². The zero-order valence-electron chi connectivity index (χ0n) is 16.3. The van der Waals surface area contributed by atoms with Crippen molar-refractivity contribution < 1.29 is 23.9 Å². The topological polar surface area (TPSA) is 81.7 Å². The molecule has 2 rings (SSSR count). The largest absolute Gasteiger partial charge is 0.469 e. The molecule has 0 saturated carbocycles. The number of rotatable bonds is 8. The number of carbonyl (C=O) groups excluding carboxylic acids is 3. The van der Waals surface area contributed by atoms with Crippen molar-refractivity contribution in [1.29, 1.82) is 0 Å². The summed E-state index contributed by atoms with van der Waals surface area (Å²) in [5.74, 6) is -2.57. The van der Waals surface area contributed by atoms with Gasteiger partial charge in [0.25, 0.3) is 0 Å². The summed E-state index contributed by atoms with van der Waals surface area (Å²) in [5.41, 5.74) is 1.60. The summed E-state index contributed by atoms with van der Waals surface area (Å²) in [6, 6.07) is 17.7. The van der Waals surface area contributed by atoms with Crippen molar-refractivity contribution in [3.63, 3.8) is 0 Å². The maximum absolute atomic E-state index is 13.2. The van der Waals surface area contributed by atoms with Gasteiger partial charge in [-0.25, -0.2) is 4.79 Å². The molecule has 0 aromatic heterocycles. The van der Waals surface area contributed by atoms with Gasteiger partial charge in [-0.3, -0.25) is 9.59 Å². The number of esters is 2. The van der Waals surface area contributed by atoms with E-state index in [4.69, 9.17) is 9.47 Å². The molecule has 1 N–H and O–H groups in total. The average Bonchev–Trinajstić information content (AvgIpc) is 2.73. The van der Waals surface area contributed by atoms with Crippen molar-refractivity contribution in [1.82, 2.24) is 5.32 Å². The Balaban J connectivity index is 2.29. The van der Waals surface area contributed by atoms with Crippen LogP contribution in [-0.4, -0.2) is 38.1 Å². The molecule has 148 valence electrons. The molecular weight excluding hydrogens is 358 g/mol. The summed E-state index contributed by atoms with van der Waals surface area (Å²) in [6.45, 7) is 1.64. The van der Waals surface area contributed by atoms with Gasteiger partial charge in [0.05, 0.1) is 26.1 Å². The fraction of sp³-hybridized carbons (Fsp3) is 0.318. The fourth-order valence-corrected chi connectivity index (χ4v) is 3.05. The van der Waals surface area contributed by atoms with Gasteiger partial charge >= 0.3 is 11.9 Å². The number of ether oxygens (including phenoxy) is 2. The van der Waals surface area contributed by atoms with Gasteiger partial charge in [-0.2, -0.15) is 0 Å². The maximum Gasteiger partial charge on any atom is 0.328 e. The highest BCUT2D eigenvalue weighted by molar-refractivity contribution is 5.91. The third-order valence-electron chi connectivity index (χ3n) is 4.52. The van der Waals surface area contributed by atoms with Crippen molar-refractivity contribution in [2.75, 3.05) is 14.2 Å². The molecule has 2 aromatic rings. The lowest BCUT2D eigenvalue weighted by Gasteiger charge is -2.23. The van der Waals surface area contributed by atoms with Crippen molar-refractivity contribution in [2.45, 2.75) is 25.3 Å². The van der Waals surface area contributed by atoms with Crippen LogP contribution in [0.4, 0.5) is 0 Å². The maximum atomic E-state index is 13.2. The number of carbonyl (C=O) groups is 3. The Kier molecular flexibility index (Phi) is 7.75. The zero-order valence-corrected chi connectivity index (χ0v) is 16.3. The summed E-state index contributed by atoms with van der Waals surface area (Å²) in [5, 5.41) is 2.75. The van der Waals surface area contributed by atoms with E-state index in [1.165, 1.54) is 14.2 Å². The van der Waals surface area contributed by atoms with Crippen LogP contribution >= 0.6 is 0 Å². The number of amides is 1. The lowest BCUT2D eigenvalue weighted by atomic mass is 9.90. The third-order valence-corrected chi connectivity index (χ3v) is 4.52. The molecule has 2 aromatic carbocycles. The first-order valence-corrected chi connectivity index (χ1v) is 9.03. The Labute approximate surface area is 164 Å². The van der Waals surface area contributed by atoms with Gasteiger partial charge in [-0.15, -0.1) is 0 Å². The lowest BCUT2D eigenvalue weighted by molar-refractivity contribution is -0.149. The second-order valence-electron chi connectivity index (χ2n) is 6.50. The molecule has 0 spiro atoms. The van der Waals surface area contributed by atoms with Crippen molar-refractivity contribution in [3.8, 4) is 0 Å². The van der Waals surface area contributed by atoms with E-state index in [0.29, 0.717) is 0 Å². The SMILES string of the molecule is COC(=O)[C@H](C)C[C@H](NC(=O)C(c1ccccc1)c1ccccc1)C(=O)OC. The van der Waals surface area contributed by atoms with Crippen LogP contribution in [0.15, 0.2) is 60.7 Å². The number of hydrogen-bond donors (Lipinski definition) is 1. The minimum absolute atomic E-state index is 0.0847. The first-order valence-electron chi connectivity index (χ1n) is 9.03. The van der Waals surface area contributed by atoms with E-state index in [2.05, 4.69) is 5.32 Å². The highest BCUT2D eigenvalue weighted by Gasteiger charge is 2.31. The quantitative estimate of drug-likeness (QED) is 0.709. The first-order chi connectivity index (χ1) is 13.5. The molecular formula is C22H25NO5. The van der Waals surface area contributed by atoms with Gasteiger partial charge in [0.1, 0.15) is 6.04 Å². The van der Waals surface area contributed by atoms with Crippen LogP contribution < -0.4 is 5.32 Å². The zero-order chi connectivity index (χ0) is 20.5. The second kappa shape index (κ2) is 10.3. The lowest BCUT2D eigenvalue weighted by Crippen LogP contribution is -2.45. The standard InChI is InChI=1S/C22H25NO5/c1-15(21(25)27-2)14-18(22(26)28-3)23-20(24)19(16-10-6-4-7-11-16)17-12-8-5-9-13-17/h4-13,15,18-19H,14H2,1-3H3,(H,23,24)/t15-,18+/m1/s1. The van der Waals surface area contributed by atoms with Crippen molar-refractivity contribution in [3.05, 3.63) is 71.8 Å². The molecule has 0 bridgehead atoms. The predicted octanol–water partition coefficient (Wildman–Crippen LogP) is 2.68. The Hall–Kier alpha value is -3.15. The summed E-state index contributed by atoms with van der Waals surface area (Å²) in [4.78, 5) is 37.1. The minimum Gasteiger partial charge on any atom is -0.469 e. The van der Waals surface area contributed by atoms with Gasteiger partial charge in [0.2, 0.25) is 5.91 Å². The van der Waals surface area contributed by atoms with Crippen molar-refractivity contribution >= 4 is 17.8 Å². The number of methoxy groups -OCH3 is 2. The van der Waals surface area contributed by atoms with Gasteiger partial charge in [0.15, 0.2) is 0 Å². The van der Waals surface area contributed by atoms with Crippen LogP contribution in [0.3, 0.4) is 0 Å². The molecule has 0 saturated heterocycles. The van der Waals surface area contributed by atoms with E-state index in [9.17, 15) is 14.4 Å². The second-order valence-corrected chi connectivity index (χ2v) is 6.50. The fourth-order valence-electron chi connectivity index (χ4n) is 3.05. The average molecular weight is 383 g/mol. The Morgan fingerprint density at radius 3 is 1.71 bits per heavy atom. The Bertz CT molecular complexity index is 752. The van der Waals surface area contributed by atoms with Crippen LogP contribution in [0.25, 0.3) is 0 Å². The Morgan fingerprint density at radius 2 is 1.29 bits per heavy atom. The molecule has 0 radical (unpaired) electrons. The molecule has 0 unspecified atom stereocenters. The molecule has 0 fully saturated rings. The molecule has 0 aliphatic heterocycles. The van der Waals surface area contributed by atoms with E-state index in [0.717, 1.165) is 11.1 Å². The van der Waals surface area contributed by atoms with Gasteiger partial charge in [0, 0.05) is 0 Å². The van der Waals surface area contributed by atoms with Gasteiger partial charge in [-0.1, -0.05) is 67.6 Å². The highest BCUT2D eigenvalue weighted by Crippen LogP contribution is 2.25. The van der Waals surface area contributed by atoms with E-state index in [1.807, 2.05) is 60.7 Å². The van der Waals surface area contributed by atoms with Crippen LogP contribution in [0.5, 0.6) is 0 Å². The van der Waals surface area contributed by atoms with Crippen LogP contribution in [0.2, 0.25) is 0 Å². The van der Waals surface area contributed by atoms with Crippen LogP contribution in [-0.2, 0) is 23.9 Å². The predicted molar refractivity (Wildman–Crippen MR) is 104 cm³/mol. The number of hydrogen-bond acceptors (Lipinski definition) is 5. The molecule has 2 atom stereocenters. The molecule has 6 heteroatoms. The molecule has 1 amide bonds. The summed E-state index contributed by atoms with van der Waals surface area (Å²) in [6.07, 6.45) is 0.0847. The molecule has 0 aliphatic carbocycles. The van der Waals surface area contributed by atoms with E-state index in [1.54, 1.807) is 6.92 Å². The minimum atomic E-state index is -0.957. The van der Waals surface area contributed by atoms with E-state index < -0.39 is 29.8 Å². The highest BCUT2D eigenvalue weighted by atomic mass is 16.5. The molecule has 0 heterocycles. The van der Waals surface area contributed by atoms with Gasteiger partial charge < -0.3 is 14.8 Å².